The molecule has 88 valence electrons. The molecule has 0 amide bonds. The molecule has 1 heterocycles. The van der Waals surface area contributed by atoms with Crippen molar-refractivity contribution < 1.29 is 0 Å². The van der Waals surface area contributed by atoms with Crippen LogP contribution in [0.5, 0.6) is 0 Å². The van der Waals surface area contributed by atoms with Gasteiger partial charge in [0, 0.05) is 18.3 Å². The van der Waals surface area contributed by atoms with Crippen LogP contribution in [-0.2, 0) is 12.8 Å². The van der Waals surface area contributed by atoms with E-state index in [1.54, 1.807) is 0 Å². The molecule has 0 radical (unpaired) electrons. The van der Waals surface area contributed by atoms with Crippen LogP contribution in [0.4, 0.5) is 0 Å². The van der Waals surface area contributed by atoms with Crippen molar-refractivity contribution in [1.82, 2.24) is 9.55 Å². The lowest BCUT2D eigenvalue weighted by atomic mass is 10.1. The van der Waals surface area contributed by atoms with Crippen LogP contribution >= 0.6 is 0 Å². The largest absolute Gasteiger partial charge is 0.329 e. The van der Waals surface area contributed by atoms with Crippen LogP contribution in [0.25, 0.3) is 0 Å². The third kappa shape index (κ3) is 1.76. The van der Waals surface area contributed by atoms with Crippen molar-refractivity contribution in [1.29, 1.82) is 0 Å². The van der Waals surface area contributed by atoms with Crippen molar-refractivity contribution in [3.05, 3.63) is 53.6 Å². The van der Waals surface area contributed by atoms with Gasteiger partial charge in [-0.3, -0.25) is 0 Å². The third-order valence-corrected chi connectivity index (χ3v) is 3.59. The highest BCUT2D eigenvalue weighted by Crippen LogP contribution is 2.31. The Labute approximate surface area is 101 Å². The molecule has 1 aliphatic rings. The van der Waals surface area contributed by atoms with E-state index in [1.165, 1.54) is 11.1 Å². The first-order valence-electron chi connectivity index (χ1n) is 6.10. The second-order valence-electron chi connectivity index (χ2n) is 4.85. The SMILES string of the molecule is CC(N)c1cncn1C1Cc2ccccc2C1. The standard InChI is InChI=1S/C14H17N3/c1-10(15)14-8-16-9-17(14)13-6-11-4-2-3-5-12(11)7-13/h2-5,8-10,13H,6-7,15H2,1H3. The Morgan fingerprint density at radius 3 is 2.53 bits per heavy atom. The van der Waals surface area contributed by atoms with Gasteiger partial charge in [-0.15, -0.1) is 0 Å². The molecule has 3 heteroatoms. The van der Waals surface area contributed by atoms with Crippen molar-refractivity contribution in [2.75, 3.05) is 0 Å². The maximum absolute atomic E-state index is 5.97. The molecular formula is C14H17N3. The molecule has 1 atom stereocenters. The van der Waals surface area contributed by atoms with Gasteiger partial charge in [0.2, 0.25) is 0 Å². The zero-order valence-corrected chi connectivity index (χ0v) is 10.0. The summed E-state index contributed by atoms with van der Waals surface area (Å²) in [5.41, 5.74) is 10.0. The zero-order valence-electron chi connectivity index (χ0n) is 10.0. The Morgan fingerprint density at radius 1 is 1.29 bits per heavy atom. The summed E-state index contributed by atoms with van der Waals surface area (Å²) in [4.78, 5) is 4.23. The number of rotatable bonds is 2. The fraction of sp³-hybridized carbons (Fsp3) is 0.357. The predicted octanol–water partition coefficient (Wildman–Crippen LogP) is 2.24. The number of aromatic nitrogens is 2. The maximum Gasteiger partial charge on any atom is 0.0951 e. The molecule has 1 aromatic heterocycles. The maximum atomic E-state index is 5.97. The smallest absolute Gasteiger partial charge is 0.0951 e. The van der Waals surface area contributed by atoms with E-state index in [0.717, 1.165) is 18.5 Å². The topological polar surface area (TPSA) is 43.8 Å². The van der Waals surface area contributed by atoms with E-state index >= 15 is 0 Å². The molecule has 3 rings (SSSR count). The number of nitrogens with two attached hydrogens (primary N) is 1. The molecule has 1 unspecified atom stereocenters. The highest BCUT2D eigenvalue weighted by molar-refractivity contribution is 5.33. The summed E-state index contributed by atoms with van der Waals surface area (Å²) in [5, 5.41) is 0. The lowest BCUT2D eigenvalue weighted by molar-refractivity contribution is 0.497. The first-order valence-corrected chi connectivity index (χ1v) is 6.10. The van der Waals surface area contributed by atoms with E-state index in [1.807, 2.05) is 19.4 Å². The lowest BCUT2D eigenvalue weighted by Gasteiger charge is -2.17. The number of hydrogen-bond acceptors (Lipinski definition) is 2. The molecule has 17 heavy (non-hydrogen) atoms. The van der Waals surface area contributed by atoms with Gasteiger partial charge < -0.3 is 10.3 Å². The average Bonchev–Trinajstić information content (AvgIpc) is 2.95. The minimum Gasteiger partial charge on any atom is -0.329 e. The summed E-state index contributed by atoms with van der Waals surface area (Å²) in [6, 6.07) is 9.19. The third-order valence-electron chi connectivity index (χ3n) is 3.59. The van der Waals surface area contributed by atoms with Crippen LogP contribution in [0.3, 0.4) is 0 Å². The van der Waals surface area contributed by atoms with Crippen LogP contribution in [0, 0.1) is 0 Å². The van der Waals surface area contributed by atoms with Crippen LogP contribution < -0.4 is 5.73 Å². The van der Waals surface area contributed by atoms with Crippen LogP contribution in [0.2, 0.25) is 0 Å². The molecule has 3 nitrogen and oxygen atoms in total. The van der Waals surface area contributed by atoms with Gasteiger partial charge in [-0.25, -0.2) is 4.98 Å². The van der Waals surface area contributed by atoms with E-state index < -0.39 is 0 Å². The minimum atomic E-state index is 0.0428. The van der Waals surface area contributed by atoms with Crippen LogP contribution in [0.1, 0.15) is 35.8 Å². The molecular weight excluding hydrogens is 210 g/mol. The fourth-order valence-electron chi connectivity index (χ4n) is 2.70. The summed E-state index contributed by atoms with van der Waals surface area (Å²) >= 11 is 0. The summed E-state index contributed by atoms with van der Waals surface area (Å²) in [5.74, 6) is 0. The first kappa shape index (κ1) is 10.5. The Bertz CT molecular complexity index is 503. The van der Waals surface area contributed by atoms with Gasteiger partial charge in [-0.05, 0) is 30.9 Å². The van der Waals surface area contributed by atoms with E-state index in [-0.39, 0.29) is 6.04 Å². The van der Waals surface area contributed by atoms with E-state index in [4.69, 9.17) is 5.73 Å². The molecule has 2 N–H and O–H groups in total. The summed E-state index contributed by atoms with van der Waals surface area (Å²) in [7, 11) is 0. The minimum absolute atomic E-state index is 0.0428. The second kappa shape index (κ2) is 4.00. The normalized spacial score (nSPS) is 17.1. The van der Waals surface area contributed by atoms with Crippen molar-refractivity contribution in [3.63, 3.8) is 0 Å². The molecule has 0 spiro atoms. The van der Waals surface area contributed by atoms with E-state index in [0.29, 0.717) is 6.04 Å². The first-order chi connectivity index (χ1) is 8.25. The van der Waals surface area contributed by atoms with Crippen molar-refractivity contribution in [2.24, 2.45) is 5.73 Å². The number of nitrogens with zero attached hydrogens (tertiary/aromatic N) is 2. The number of imidazole rings is 1. The van der Waals surface area contributed by atoms with Gasteiger partial charge in [-0.2, -0.15) is 0 Å². The lowest BCUT2D eigenvalue weighted by Crippen LogP contribution is -2.16. The predicted molar refractivity (Wildman–Crippen MR) is 67.7 cm³/mol. The fourth-order valence-corrected chi connectivity index (χ4v) is 2.70. The highest BCUT2D eigenvalue weighted by Gasteiger charge is 2.24. The zero-order chi connectivity index (χ0) is 11.8. The number of fused-ring (bicyclic) bond motifs is 1. The van der Waals surface area contributed by atoms with Gasteiger partial charge in [0.05, 0.1) is 12.0 Å². The molecule has 1 aliphatic carbocycles. The Balaban J connectivity index is 1.91. The molecule has 0 saturated heterocycles. The van der Waals surface area contributed by atoms with Crippen molar-refractivity contribution >= 4 is 0 Å². The summed E-state index contributed by atoms with van der Waals surface area (Å²) in [6.07, 6.45) is 5.97. The Morgan fingerprint density at radius 2 is 1.94 bits per heavy atom. The van der Waals surface area contributed by atoms with E-state index in [2.05, 4.69) is 33.8 Å². The van der Waals surface area contributed by atoms with Gasteiger partial charge in [-0.1, -0.05) is 24.3 Å². The van der Waals surface area contributed by atoms with Crippen molar-refractivity contribution in [3.8, 4) is 0 Å². The van der Waals surface area contributed by atoms with Gasteiger partial charge in [0.1, 0.15) is 0 Å². The van der Waals surface area contributed by atoms with Crippen molar-refractivity contribution in [2.45, 2.75) is 31.8 Å². The molecule has 0 saturated carbocycles. The van der Waals surface area contributed by atoms with Crippen LogP contribution in [0.15, 0.2) is 36.8 Å². The van der Waals surface area contributed by atoms with Gasteiger partial charge >= 0.3 is 0 Å². The molecule has 0 fully saturated rings. The Kier molecular flexibility index (Phi) is 2.48. The van der Waals surface area contributed by atoms with Gasteiger partial charge in [0.15, 0.2) is 0 Å². The number of benzene rings is 1. The molecule has 0 aliphatic heterocycles. The average molecular weight is 227 g/mol. The summed E-state index contributed by atoms with van der Waals surface area (Å²) < 4.78 is 2.24. The summed E-state index contributed by atoms with van der Waals surface area (Å²) in [6.45, 7) is 2.01. The molecule has 0 bridgehead atoms. The van der Waals surface area contributed by atoms with Crippen LogP contribution in [-0.4, -0.2) is 9.55 Å². The Hall–Kier alpha value is -1.61. The quantitative estimate of drug-likeness (QED) is 0.855. The van der Waals surface area contributed by atoms with E-state index in [9.17, 15) is 0 Å². The monoisotopic (exact) mass is 227 g/mol. The van der Waals surface area contributed by atoms with Gasteiger partial charge in [0.25, 0.3) is 0 Å². The number of hydrogen-bond donors (Lipinski definition) is 1. The molecule has 1 aromatic carbocycles. The highest BCUT2D eigenvalue weighted by atomic mass is 15.1. The second-order valence-corrected chi connectivity index (χ2v) is 4.85. The molecule has 2 aromatic rings.